The van der Waals surface area contributed by atoms with Crippen LogP contribution in [-0.2, 0) is 6.42 Å². The number of thiol groups is 1. The van der Waals surface area contributed by atoms with Crippen LogP contribution in [0, 0.1) is 0 Å². The molecule has 1 aromatic heterocycles. The fourth-order valence-corrected chi connectivity index (χ4v) is 4.44. The normalized spacial score (nSPS) is 17.9. The van der Waals surface area contributed by atoms with E-state index >= 15 is 0 Å². The molecule has 2 heterocycles. The van der Waals surface area contributed by atoms with Crippen LogP contribution in [0.2, 0.25) is 0 Å². The third-order valence-corrected chi connectivity index (χ3v) is 5.59. The summed E-state index contributed by atoms with van der Waals surface area (Å²) >= 11 is 9.61. The predicted molar refractivity (Wildman–Crippen MR) is 88.9 cm³/mol. The standard InChI is InChI=1S/C15H14BrNOS2/c1-9-11-5-7-20-14(11)4-6-17(9)15(18)12-3-2-10(16)8-13(12)19/h2-3,5,7-9,19H,4,6H2,1H3. The Morgan fingerprint density at radius 1 is 1.45 bits per heavy atom. The van der Waals surface area contributed by atoms with E-state index in [-0.39, 0.29) is 11.9 Å². The molecule has 0 saturated heterocycles. The molecule has 2 nitrogen and oxygen atoms in total. The van der Waals surface area contributed by atoms with Crippen LogP contribution < -0.4 is 0 Å². The van der Waals surface area contributed by atoms with Crippen molar-refractivity contribution < 1.29 is 4.79 Å². The maximum Gasteiger partial charge on any atom is 0.255 e. The monoisotopic (exact) mass is 367 g/mol. The maximum absolute atomic E-state index is 12.7. The van der Waals surface area contributed by atoms with Crippen molar-refractivity contribution in [3.8, 4) is 0 Å². The van der Waals surface area contributed by atoms with Gasteiger partial charge in [-0.15, -0.1) is 24.0 Å². The molecule has 0 aliphatic carbocycles. The highest BCUT2D eigenvalue weighted by molar-refractivity contribution is 9.10. The van der Waals surface area contributed by atoms with Gasteiger partial charge in [-0.05, 0) is 48.6 Å². The number of thiophene rings is 1. The summed E-state index contributed by atoms with van der Waals surface area (Å²) in [6, 6.07) is 7.85. The van der Waals surface area contributed by atoms with E-state index in [9.17, 15) is 4.79 Å². The second-order valence-electron chi connectivity index (χ2n) is 4.89. The van der Waals surface area contributed by atoms with Crippen molar-refractivity contribution in [2.75, 3.05) is 6.54 Å². The van der Waals surface area contributed by atoms with E-state index in [2.05, 4.69) is 46.9 Å². The Bertz CT molecular complexity index is 668. The first-order chi connectivity index (χ1) is 9.58. The van der Waals surface area contributed by atoms with Crippen LogP contribution in [-0.4, -0.2) is 17.4 Å². The molecule has 0 bridgehead atoms. The Labute approximate surface area is 136 Å². The van der Waals surface area contributed by atoms with Gasteiger partial charge in [0.2, 0.25) is 0 Å². The summed E-state index contributed by atoms with van der Waals surface area (Å²) in [5.41, 5.74) is 1.95. The molecule has 5 heteroatoms. The molecule has 1 aromatic carbocycles. The maximum atomic E-state index is 12.7. The zero-order valence-electron chi connectivity index (χ0n) is 11.0. The highest BCUT2D eigenvalue weighted by Gasteiger charge is 2.29. The van der Waals surface area contributed by atoms with Gasteiger partial charge in [0.05, 0.1) is 11.6 Å². The van der Waals surface area contributed by atoms with Gasteiger partial charge < -0.3 is 4.90 Å². The van der Waals surface area contributed by atoms with Crippen LogP contribution in [0.4, 0.5) is 0 Å². The van der Waals surface area contributed by atoms with Gasteiger partial charge in [0.15, 0.2) is 0 Å². The van der Waals surface area contributed by atoms with Crippen molar-refractivity contribution >= 4 is 45.8 Å². The zero-order valence-corrected chi connectivity index (χ0v) is 14.3. The second kappa shape index (κ2) is 5.54. The third kappa shape index (κ3) is 2.43. The number of rotatable bonds is 1. The van der Waals surface area contributed by atoms with Gasteiger partial charge in [-0.2, -0.15) is 0 Å². The number of amides is 1. The Morgan fingerprint density at radius 3 is 3.00 bits per heavy atom. The van der Waals surface area contributed by atoms with Crippen LogP contribution >= 0.6 is 39.9 Å². The molecule has 1 aliphatic rings. The van der Waals surface area contributed by atoms with Gasteiger partial charge >= 0.3 is 0 Å². The average Bonchev–Trinajstić information content (AvgIpc) is 2.87. The van der Waals surface area contributed by atoms with Crippen LogP contribution in [0.1, 0.15) is 33.8 Å². The molecule has 0 saturated carbocycles. The number of carbonyl (C=O) groups excluding carboxylic acids is 1. The van der Waals surface area contributed by atoms with E-state index in [0.29, 0.717) is 10.5 Å². The number of carbonyl (C=O) groups is 1. The molecule has 3 rings (SSSR count). The third-order valence-electron chi connectivity index (χ3n) is 3.73. The molecule has 0 radical (unpaired) electrons. The molecular formula is C15H14BrNOS2. The molecule has 104 valence electrons. The molecule has 20 heavy (non-hydrogen) atoms. The minimum atomic E-state index is 0.0619. The van der Waals surface area contributed by atoms with E-state index in [1.165, 1.54) is 10.4 Å². The summed E-state index contributed by atoms with van der Waals surface area (Å²) in [5, 5.41) is 2.11. The minimum absolute atomic E-state index is 0.0619. The van der Waals surface area contributed by atoms with Gasteiger partial charge in [0, 0.05) is 20.8 Å². The molecule has 0 spiro atoms. The molecular weight excluding hydrogens is 354 g/mol. The lowest BCUT2D eigenvalue weighted by Crippen LogP contribution is -2.38. The summed E-state index contributed by atoms with van der Waals surface area (Å²) < 4.78 is 0.936. The molecule has 2 aromatic rings. The SMILES string of the molecule is CC1c2ccsc2CCN1C(=O)c1ccc(Br)cc1S. The summed E-state index contributed by atoms with van der Waals surface area (Å²) in [6.07, 6.45) is 0.946. The van der Waals surface area contributed by atoms with E-state index in [0.717, 1.165) is 17.4 Å². The van der Waals surface area contributed by atoms with E-state index < -0.39 is 0 Å². The largest absolute Gasteiger partial charge is 0.331 e. The fraction of sp³-hybridized carbons (Fsp3) is 0.267. The van der Waals surface area contributed by atoms with Crippen molar-refractivity contribution in [3.05, 3.63) is 50.1 Å². The molecule has 0 fully saturated rings. The summed E-state index contributed by atoms with van der Waals surface area (Å²) in [4.78, 5) is 16.8. The van der Waals surface area contributed by atoms with E-state index in [1.807, 2.05) is 23.1 Å². The quantitative estimate of drug-likeness (QED) is 0.732. The van der Waals surface area contributed by atoms with Gasteiger partial charge in [-0.25, -0.2) is 0 Å². The number of hydrogen-bond acceptors (Lipinski definition) is 3. The summed E-state index contributed by atoms with van der Waals surface area (Å²) in [7, 11) is 0. The highest BCUT2D eigenvalue weighted by Crippen LogP contribution is 2.34. The number of fused-ring (bicyclic) bond motifs is 1. The lowest BCUT2D eigenvalue weighted by Gasteiger charge is -2.34. The van der Waals surface area contributed by atoms with Crippen molar-refractivity contribution in [1.29, 1.82) is 0 Å². The fourth-order valence-electron chi connectivity index (χ4n) is 2.63. The number of benzene rings is 1. The lowest BCUT2D eigenvalue weighted by molar-refractivity contribution is 0.0676. The summed E-state index contributed by atoms with van der Waals surface area (Å²) in [6.45, 7) is 2.87. The second-order valence-corrected chi connectivity index (χ2v) is 7.28. The van der Waals surface area contributed by atoms with Crippen LogP contribution in [0.15, 0.2) is 39.0 Å². The Morgan fingerprint density at radius 2 is 2.25 bits per heavy atom. The highest BCUT2D eigenvalue weighted by atomic mass is 79.9. The Kier molecular flexibility index (Phi) is 3.93. The van der Waals surface area contributed by atoms with Gasteiger partial charge in [0.25, 0.3) is 5.91 Å². The van der Waals surface area contributed by atoms with Crippen molar-refractivity contribution in [2.45, 2.75) is 24.3 Å². The van der Waals surface area contributed by atoms with Crippen molar-refractivity contribution in [3.63, 3.8) is 0 Å². The predicted octanol–water partition coefficient (Wildman–Crippen LogP) is 4.56. The van der Waals surface area contributed by atoms with Crippen LogP contribution in [0.3, 0.4) is 0 Å². The van der Waals surface area contributed by atoms with Gasteiger partial charge in [-0.3, -0.25) is 4.79 Å². The number of hydrogen-bond donors (Lipinski definition) is 1. The van der Waals surface area contributed by atoms with Crippen molar-refractivity contribution in [2.24, 2.45) is 0 Å². The smallest absolute Gasteiger partial charge is 0.255 e. The minimum Gasteiger partial charge on any atom is -0.331 e. The molecule has 1 atom stereocenters. The Balaban J connectivity index is 1.92. The molecule has 1 unspecified atom stereocenters. The first kappa shape index (κ1) is 14.2. The van der Waals surface area contributed by atoms with E-state index in [4.69, 9.17) is 0 Å². The van der Waals surface area contributed by atoms with E-state index in [1.54, 1.807) is 11.3 Å². The molecule has 0 N–H and O–H groups in total. The summed E-state index contributed by atoms with van der Waals surface area (Å²) in [5.74, 6) is 0.0619. The van der Waals surface area contributed by atoms with Crippen LogP contribution in [0.25, 0.3) is 0 Å². The number of halogens is 1. The topological polar surface area (TPSA) is 20.3 Å². The zero-order chi connectivity index (χ0) is 14.3. The molecule has 1 aliphatic heterocycles. The average molecular weight is 368 g/mol. The lowest BCUT2D eigenvalue weighted by atomic mass is 10.0. The first-order valence-electron chi connectivity index (χ1n) is 6.43. The number of nitrogens with zero attached hydrogens (tertiary/aromatic N) is 1. The van der Waals surface area contributed by atoms with Gasteiger partial charge in [-0.1, -0.05) is 15.9 Å². The van der Waals surface area contributed by atoms with Gasteiger partial charge in [0.1, 0.15) is 0 Å². The Hall–Kier alpha value is -0.780. The first-order valence-corrected chi connectivity index (χ1v) is 8.55. The van der Waals surface area contributed by atoms with Crippen molar-refractivity contribution in [1.82, 2.24) is 4.90 Å². The molecule has 1 amide bonds. The van der Waals surface area contributed by atoms with Crippen LogP contribution in [0.5, 0.6) is 0 Å².